The highest BCUT2D eigenvalue weighted by molar-refractivity contribution is 5.79. The lowest BCUT2D eigenvalue weighted by atomic mass is 10.2. The molecule has 10 nitrogen and oxygen atoms in total. The lowest BCUT2D eigenvalue weighted by Gasteiger charge is -2.10. The molecule has 0 aliphatic carbocycles. The smallest absolute Gasteiger partial charge is 0.303 e. The summed E-state index contributed by atoms with van der Waals surface area (Å²) in [4.78, 5) is 26.5. The molecule has 0 radical (unpaired) electrons. The lowest BCUT2D eigenvalue weighted by molar-refractivity contribution is -0.146. The number of hydrogen-bond donors (Lipinski definition) is 2. The molecule has 10 heteroatoms. The molecule has 0 saturated heterocycles. The van der Waals surface area contributed by atoms with E-state index in [9.17, 15) is 9.59 Å². The number of amides is 1. The number of nitrogens with one attached hydrogen (secondary N) is 2. The molecule has 2 aromatic rings. The Morgan fingerprint density at radius 2 is 2.07 bits per heavy atom. The summed E-state index contributed by atoms with van der Waals surface area (Å²) in [5.74, 6) is 0.693. The topological polar surface area (TPSA) is 120 Å². The number of benzene rings is 1. The Labute approximate surface area is 169 Å². The molecule has 2 N–H and O–H groups in total. The van der Waals surface area contributed by atoms with Gasteiger partial charge in [0.15, 0.2) is 6.61 Å². The first kappa shape index (κ1) is 21.9. The van der Waals surface area contributed by atoms with Crippen molar-refractivity contribution in [3.63, 3.8) is 0 Å². The predicted octanol–water partition coefficient (Wildman–Crippen LogP) is 1.29. The van der Waals surface area contributed by atoms with Gasteiger partial charge in [-0.2, -0.15) is 0 Å². The summed E-state index contributed by atoms with van der Waals surface area (Å²) in [7, 11) is 1.61. The number of aryl methyl sites for hydroxylation is 1. The number of carbonyl (C=O) groups is 2. The molecule has 1 heterocycles. The Kier molecular flexibility index (Phi) is 8.61. The van der Waals surface area contributed by atoms with Gasteiger partial charge in [0.1, 0.15) is 17.9 Å². The van der Waals surface area contributed by atoms with Crippen LogP contribution in [0.15, 0.2) is 29.5 Å². The summed E-state index contributed by atoms with van der Waals surface area (Å²) in [5, 5.41) is 13.7. The zero-order valence-corrected chi connectivity index (χ0v) is 16.8. The van der Waals surface area contributed by atoms with Gasteiger partial charge in [0.25, 0.3) is 5.91 Å². The molecule has 0 saturated carbocycles. The first-order chi connectivity index (χ1) is 14.0. The molecule has 0 atom stereocenters. The Morgan fingerprint density at radius 3 is 2.76 bits per heavy atom. The van der Waals surface area contributed by atoms with E-state index in [1.54, 1.807) is 19.8 Å². The molecule has 1 amide bonds. The van der Waals surface area contributed by atoms with Gasteiger partial charge in [0.05, 0.1) is 24.8 Å². The van der Waals surface area contributed by atoms with Crippen LogP contribution < -0.4 is 15.4 Å². The minimum Gasteiger partial charge on any atom is -0.497 e. The zero-order chi connectivity index (χ0) is 21.1. The number of nitrogens with zero attached hydrogens (tertiary/aromatic N) is 4. The Balaban J connectivity index is 1.78. The fourth-order valence-corrected chi connectivity index (χ4v) is 2.44. The number of aromatic nitrogens is 3. The number of unbranched alkanes of at least 4 members (excludes halogenated alkanes) is 1. The third-order valence-corrected chi connectivity index (χ3v) is 3.93. The highest BCUT2D eigenvalue weighted by Gasteiger charge is 2.08. The van der Waals surface area contributed by atoms with Crippen molar-refractivity contribution in [2.75, 3.05) is 26.8 Å². The largest absolute Gasteiger partial charge is 0.497 e. The first-order valence-electron chi connectivity index (χ1n) is 9.22. The fraction of sp³-hybridized carbons (Fsp3) is 0.421. The third kappa shape index (κ3) is 7.24. The molecule has 0 aliphatic rings. The molecule has 156 valence electrons. The van der Waals surface area contributed by atoms with Gasteiger partial charge < -0.3 is 20.1 Å². The molecule has 1 aromatic heterocycles. The highest BCUT2D eigenvalue weighted by atomic mass is 16.5. The highest BCUT2D eigenvalue weighted by Crippen LogP contribution is 2.28. The van der Waals surface area contributed by atoms with Crippen molar-refractivity contribution >= 4 is 23.9 Å². The SMILES string of the molecule is COc1ccc(-n2cnnc2C)c(/N=C/NCCCCNC(=O)COC(C)=O)c1. The van der Waals surface area contributed by atoms with Crippen molar-refractivity contribution in [2.24, 2.45) is 4.99 Å². The van der Waals surface area contributed by atoms with Crippen LogP contribution in [0.4, 0.5) is 5.69 Å². The van der Waals surface area contributed by atoms with E-state index in [2.05, 4.69) is 30.6 Å². The van der Waals surface area contributed by atoms with E-state index in [1.807, 2.05) is 29.7 Å². The van der Waals surface area contributed by atoms with Crippen LogP contribution >= 0.6 is 0 Å². The normalized spacial score (nSPS) is 10.7. The molecule has 0 aliphatic heterocycles. The number of aliphatic imine (C=N–C) groups is 1. The van der Waals surface area contributed by atoms with E-state index >= 15 is 0 Å². The van der Waals surface area contributed by atoms with Crippen LogP contribution in [0.2, 0.25) is 0 Å². The molecule has 2 rings (SSSR count). The first-order valence-corrected chi connectivity index (χ1v) is 9.22. The molecule has 1 aromatic carbocycles. The van der Waals surface area contributed by atoms with E-state index in [0.717, 1.165) is 30.0 Å². The summed E-state index contributed by atoms with van der Waals surface area (Å²) in [6.45, 7) is 4.12. The van der Waals surface area contributed by atoms with Gasteiger partial charge in [-0.1, -0.05) is 0 Å². The van der Waals surface area contributed by atoms with Crippen LogP contribution in [0.1, 0.15) is 25.6 Å². The van der Waals surface area contributed by atoms with Crippen molar-refractivity contribution < 1.29 is 19.1 Å². The standard InChI is InChI=1S/C19H26N6O4/c1-14-24-23-13-25(14)18-7-6-16(28-3)10-17(18)22-12-20-8-4-5-9-21-19(27)11-29-15(2)26/h6-7,10,12-13H,4-5,8-9,11H2,1-3H3,(H,20,22)(H,21,27). The number of methoxy groups -OCH3 is 1. The quantitative estimate of drug-likeness (QED) is 0.251. The second kappa shape index (κ2) is 11.4. The van der Waals surface area contributed by atoms with E-state index in [1.165, 1.54) is 6.92 Å². The summed E-state index contributed by atoms with van der Waals surface area (Å²) in [5.41, 5.74) is 1.57. The average molecular weight is 402 g/mol. The maximum Gasteiger partial charge on any atom is 0.303 e. The van der Waals surface area contributed by atoms with Crippen LogP contribution in [0.5, 0.6) is 5.75 Å². The Bertz CT molecular complexity index is 849. The molecule has 0 unspecified atom stereocenters. The predicted molar refractivity (Wildman–Crippen MR) is 108 cm³/mol. The second-order valence-electron chi connectivity index (χ2n) is 6.15. The number of carbonyl (C=O) groups excluding carboxylic acids is 2. The van der Waals surface area contributed by atoms with Gasteiger partial charge in [-0.05, 0) is 31.9 Å². The van der Waals surface area contributed by atoms with E-state index < -0.39 is 5.97 Å². The summed E-state index contributed by atoms with van der Waals surface area (Å²) in [6, 6.07) is 5.60. The van der Waals surface area contributed by atoms with Crippen LogP contribution in [0.3, 0.4) is 0 Å². The monoisotopic (exact) mass is 402 g/mol. The lowest BCUT2D eigenvalue weighted by Crippen LogP contribution is -2.29. The van der Waals surface area contributed by atoms with Crippen LogP contribution in [0, 0.1) is 6.92 Å². The fourth-order valence-electron chi connectivity index (χ4n) is 2.44. The van der Waals surface area contributed by atoms with Crippen LogP contribution in [-0.4, -0.2) is 59.8 Å². The summed E-state index contributed by atoms with van der Waals surface area (Å²) >= 11 is 0. The maximum absolute atomic E-state index is 11.4. The van der Waals surface area contributed by atoms with Crippen LogP contribution in [-0.2, 0) is 14.3 Å². The van der Waals surface area contributed by atoms with Gasteiger partial charge in [-0.15, -0.1) is 10.2 Å². The van der Waals surface area contributed by atoms with Gasteiger partial charge in [0, 0.05) is 26.1 Å². The summed E-state index contributed by atoms with van der Waals surface area (Å²) < 4.78 is 11.8. The average Bonchev–Trinajstić information content (AvgIpc) is 3.13. The second-order valence-corrected chi connectivity index (χ2v) is 6.15. The third-order valence-electron chi connectivity index (χ3n) is 3.93. The molecule has 29 heavy (non-hydrogen) atoms. The molecule has 0 fully saturated rings. The van der Waals surface area contributed by atoms with E-state index in [-0.39, 0.29) is 12.5 Å². The summed E-state index contributed by atoms with van der Waals surface area (Å²) in [6.07, 6.45) is 4.91. The molecule has 0 bridgehead atoms. The van der Waals surface area contributed by atoms with Gasteiger partial charge >= 0.3 is 5.97 Å². The zero-order valence-electron chi connectivity index (χ0n) is 16.8. The van der Waals surface area contributed by atoms with Gasteiger partial charge in [0.2, 0.25) is 0 Å². The van der Waals surface area contributed by atoms with Gasteiger partial charge in [-0.25, -0.2) is 4.99 Å². The number of ether oxygens (including phenoxy) is 2. The van der Waals surface area contributed by atoms with E-state index in [4.69, 9.17) is 4.74 Å². The number of hydrogen-bond acceptors (Lipinski definition) is 7. The number of rotatable bonds is 11. The van der Waals surface area contributed by atoms with Crippen molar-refractivity contribution in [1.29, 1.82) is 0 Å². The molecule has 0 spiro atoms. The minimum atomic E-state index is -0.470. The van der Waals surface area contributed by atoms with Gasteiger partial charge in [-0.3, -0.25) is 14.2 Å². The Morgan fingerprint density at radius 1 is 1.28 bits per heavy atom. The number of esters is 1. The Hall–Kier alpha value is -3.43. The van der Waals surface area contributed by atoms with Crippen molar-refractivity contribution in [3.05, 3.63) is 30.4 Å². The van der Waals surface area contributed by atoms with Crippen LogP contribution in [0.25, 0.3) is 5.69 Å². The maximum atomic E-state index is 11.4. The van der Waals surface area contributed by atoms with E-state index in [0.29, 0.717) is 18.8 Å². The van der Waals surface area contributed by atoms with Crippen molar-refractivity contribution in [1.82, 2.24) is 25.4 Å². The molecular weight excluding hydrogens is 376 g/mol. The van der Waals surface area contributed by atoms with Crippen molar-refractivity contribution in [3.8, 4) is 11.4 Å². The van der Waals surface area contributed by atoms with Crippen molar-refractivity contribution in [2.45, 2.75) is 26.7 Å². The molecular formula is C19H26N6O4. The minimum absolute atomic E-state index is 0.241.